The first-order chi connectivity index (χ1) is 16.8. The number of hydroxylamine groups is 1. The molecule has 0 bridgehead atoms. The van der Waals surface area contributed by atoms with E-state index in [1.54, 1.807) is 31.2 Å². The minimum Gasteiger partial charge on any atom is -0.481 e. The highest BCUT2D eigenvalue weighted by Gasteiger charge is 2.73. The minimum atomic E-state index is -2.27. The van der Waals surface area contributed by atoms with E-state index in [1.165, 1.54) is 19.1 Å². The van der Waals surface area contributed by atoms with Gasteiger partial charge in [0.1, 0.15) is 6.17 Å². The van der Waals surface area contributed by atoms with Crippen LogP contribution in [-0.2, 0) is 9.59 Å². The zero-order valence-electron chi connectivity index (χ0n) is 20.1. The first kappa shape index (κ1) is 25.4. The number of carbonyl (C=O) groups excluding carboxylic acids is 1. The van der Waals surface area contributed by atoms with Crippen LogP contribution in [0.4, 0.5) is 14.5 Å². The number of hydrogen-bond acceptors (Lipinski definition) is 5. The van der Waals surface area contributed by atoms with Gasteiger partial charge in [0.05, 0.1) is 17.7 Å². The Morgan fingerprint density at radius 2 is 1.97 bits per heavy atom. The molecule has 194 valence electrons. The third-order valence-corrected chi connectivity index (χ3v) is 9.82. The summed E-state index contributed by atoms with van der Waals surface area (Å²) in [6, 6.07) is 6.51. The molecule has 0 amide bonds. The van der Waals surface area contributed by atoms with E-state index in [4.69, 9.17) is 11.6 Å². The van der Waals surface area contributed by atoms with E-state index in [-0.39, 0.29) is 31.4 Å². The summed E-state index contributed by atoms with van der Waals surface area (Å²) in [7, 11) is 0. The van der Waals surface area contributed by atoms with E-state index < -0.39 is 64.2 Å². The first-order valence-electron chi connectivity index (χ1n) is 12.2. The fourth-order valence-corrected chi connectivity index (χ4v) is 8.20. The lowest BCUT2D eigenvalue weighted by Crippen LogP contribution is -2.68. The average Bonchev–Trinajstić information content (AvgIpc) is 3.08. The maximum absolute atomic E-state index is 17.2. The summed E-state index contributed by atoms with van der Waals surface area (Å²) in [4.78, 5) is 24.5. The number of alkyl halides is 2. The number of carboxylic acid groups (broad SMARTS) is 1. The maximum atomic E-state index is 17.2. The lowest BCUT2D eigenvalue weighted by Gasteiger charge is -2.62. The maximum Gasteiger partial charge on any atom is 0.307 e. The number of carboxylic acids is 1. The molecule has 3 fully saturated rings. The van der Waals surface area contributed by atoms with Crippen molar-refractivity contribution in [2.45, 2.75) is 51.1 Å². The quantitative estimate of drug-likeness (QED) is 0.493. The highest BCUT2D eigenvalue weighted by Crippen LogP contribution is 2.70. The number of halogens is 3. The topological polar surface area (TPSA) is 98.1 Å². The summed E-state index contributed by atoms with van der Waals surface area (Å²) in [5, 5.41) is 33.7. The molecule has 5 rings (SSSR count). The zero-order valence-corrected chi connectivity index (χ0v) is 20.8. The normalized spacial score (nSPS) is 43.3. The molecule has 1 aromatic rings. The van der Waals surface area contributed by atoms with Gasteiger partial charge >= 0.3 is 5.97 Å². The number of carbonyl (C=O) groups is 2. The monoisotopic (exact) mass is 521 g/mol. The Morgan fingerprint density at radius 3 is 2.64 bits per heavy atom. The van der Waals surface area contributed by atoms with Gasteiger partial charge in [-0.15, -0.1) is 0 Å². The van der Waals surface area contributed by atoms with E-state index in [9.17, 15) is 25.0 Å². The van der Waals surface area contributed by atoms with Gasteiger partial charge in [-0.2, -0.15) is 0 Å². The number of hydrogen-bond donors (Lipinski definition) is 3. The lowest BCUT2D eigenvalue weighted by molar-refractivity contribution is -0.204. The van der Waals surface area contributed by atoms with Crippen molar-refractivity contribution in [3.8, 4) is 0 Å². The molecule has 0 aliphatic heterocycles. The Morgan fingerprint density at radius 1 is 1.25 bits per heavy atom. The number of ketones is 1. The number of anilines is 1. The molecule has 1 aromatic carbocycles. The van der Waals surface area contributed by atoms with Gasteiger partial charge in [-0.1, -0.05) is 30.7 Å². The molecule has 0 saturated heterocycles. The lowest BCUT2D eigenvalue weighted by atomic mass is 9.45. The molecule has 2 unspecified atom stereocenters. The average molecular weight is 522 g/mol. The Balaban J connectivity index is 1.53. The van der Waals surface area contributed by atoms with Gasteiger partial charge < -0.3 is 10.2 Å². The van der Waals surface area contributed by atoms with Gasteiger partial charge in [0, 0.05) is 22.9 Å². The molecule has 3 N–H and O–H groups in total. The van der Waals surface area contributed by atoms with E-state index in [1.807, 2.05) is 0 Å². The second-order valence-electron chi connectivity index (χ2n) is 11.3. The van der Waals surface area contributed by atoms with Crippen molar-refractivity contribution in [3.63, 3.8) is 0 Å². The zero-order chi connectivity index (χ0) is 26.2. The molecule has 0 spiro atoms. The fraction of sp³-hybridized carbons (Fsp3) is 0.556. The number of aliphatic hydroxyl groups is 1. The summed E-state index contributed by atoms with van der Waals surface area (Å²) < 4.78 is 32.8. The van der Waals surface area contributed by atoms with Crippen molar-refractivity contribution in [1.29, 1.82) is 0 Å². The molecule has 36 heavy (non-hydrogen) atoms. The Hall–Kier alpha value is -2.29. The molecule has 0 aromatic heterocycles. The van der Waals surface area contributed by atoms with Crippen LogP contribution >= 0.6 is 11.6 Å². The van der Waals surface area contributed by atoms with Crippen molar-refractivity contribution in [1.82, 2.24) is 0 Å². The van der Waals surface area contributed by atoms with Crippen molar-refractivity contribution in [2.24, 2.45) is 34.5 Å². The molecule has 9 atom stereocenters. The highest BCUT2D eigenvalue weighted by molar-refractivity contribution is 6.30. The van der Waals surface area contributed by atoms with Crippen LogP contribution in [0.2, 0.25) is 5.02 Å². The largest absolute Gasteiger partial charge is 0.481 e. The Labute approximate surface area is 213 Å². The van der Waals surface area contributed by atoms with Crippen molar-refractivity contribution < 1.29 is 33.8 Å². The molecule has 0 heterocycles. The molecule has 3 saturated carbocycles. The predicted molar refractivity (Wildman–Crippen MR) is 129 cm³/mol. The van der Waals surface area contributed by atoms with Crippen molar-refractivity contribution >= 4 is 29.0 Å². The summed E-state index contributed by atoms with van der Waals surface area (Å²) >= 11 is 6.04. The smallest absolute Gasteiger partial charge is 0.307 e. The van der Waals surface area contributed by atoms with Crippen LogP contribution in [0.1, 0.15) is 33.1 Å². The van der Waals surface area contributed by atoms with Gasteiger partial charge in [-0.05, 0) is 79.4 Å². The highest BCUT2D eigenvalue weighted by atomic mass is 35.5. The second kappa shape index (κ2) is 8.36. The van der Waals surface area contributed by atoms with Crippen molar-refractivity contribution in [3.05, 3.63) is 53.1 Å². The number of aliphatic carboxylic acids is 1. The fourth-order valence-electron chi connectivity index (χ4n) is 8.01. The molecular formula is C27H30ClF2NO5. The molecule has 0 radical (unpaired) electrons. The molecule has 9 heteroatoms. The Kier molecular flexibility index (Phi) is 5.89. The predicted octanol–water partition coefficient (Wildman–Crippen LogP) is 4.78. The van der Waals surface area contributed by atoms with Gasteiger partial charge in [0.25, 0.3) is 0 Å². The third-order valence-electron chi connectivity index (χ3n) is 9.58. The SMILES string of the molecule is CC12C[C@H](O)[C@@]3(F)[C@@H](C[C@H](F)C4=CC(=O)C=C[C@@]43C)C1C[C@@H](CN(O)c1cccc(Cl)c1)[C@@H]2C(=O)O. The van der Waals surface area contributed by atoms with E-state index in [0.29, 0.717) is 10.7 Å². The molecular weight excluding hydrogens is 492 g/mol. The molecule has 4 aliphatic carbocycles. The van der Waals surface area contributed by atoms with Crippen LogP contribution in [0.15, 0.2) is 48.1 Å². The number of aliphatic hydroxyl groups excluding tert-OH is 1. The third kappa shape index (κ3) is 3.41. The van der Waals surface area contributed by atoms with Crippen LogP contribution in [0.25, 0.3) is 0 Å². The summed E-state index contributed by atoms with van der Waals surface area (Å²) in [6.07, 6.45) is 0.455. The molecule has 4 aliphatic rings. The van der Waals surface area contributed by atoms with E-state index in [0.717, 1.165) is 11.1 Å². The number of benzene rings is 1. The second-order valence-corrected chi connectivity index (χ2v) is 11.8. The summed E-state index contributed by atoms with van der Waals surface area (Å²) in [6.45, 7) is 3.21. The van der Waals surface area contributed by atoms with Crippen LogP contribution in [0.3, 0.4) is 0 Å². The van der Waals surface area contributed by atoms with Gasteiger partial charge in [-0.25, -0.2) is 8.78 Å². The van der Waals surface area contributed by atoms with Gasteiger partial charge in [-0.3, -0.25) is 19.9 Å². The first-order valence-corrected chi connectivity index (χ1v) is 12.6. The molecule has 6 nitrogen and oxygen atoms in total. The number of rotatable bonds is 4. The number of allylic oxidation sites excluding steroid dienone is 4. The number of nitrogens with zero attached hydrogens (tertiary/aromatic N) is 1. The Bertz CT molecular complexity index is 1170. The van der Waals surface area contributed by atoms with E-state index in [2.05, 4.69) is 0 Å². The van der Waals surface area contributed by atoms with E-state index >= 15 is 8.78 Å². The van der Waals surface area contributed by atoms with Crippen LogP contribution in [-0.4, -0.2) is 51.7 Å². The summed E-state index contributed by atoms with van der Waals surface area (Å²) in [5.41, 5.74) is -4.39. The standard InChI is InChI=1S/C27H30ClF2NO5/c1-25-12-22(33)27(30)19(11-21(29)20-10-17(32)6-7-26(20,27)2)18(25)8-14(23(25)24(34)35)13-31(36)16-5-3-4-15(28)9-16/h3-7,9-10,14,18-19,21-23,33,36H,8,11-13H2,1-2H3,(H,34,35)/t14-,18?,19-,21-,22-,23+,25?,26-,27-/m0/s1. The summed E-state index contributed by atoms with van der Waals surface area (Å²) in [5.74, 6) is -4.59. The van der Waals surface area contributed by atoms with Crippen LogP contribution < -0.4 is 5.06 Å². The van der Waals surface area contributed by atoms with Crippen molar-refractivity contribution in [2.75, 3.05) is 11.6 Å². The van der Waals surface area contributed by atoms with Gasteiger partial charge in [0.2, 0.25) is 0 Å². The minimum absolute atomic E-state index is 0.0308. The number of fused-ring (bicyclic) bond motifs is 5. The van der Waals surface area contributed by atoms with Gasteiger partial charge in [0.15, 0.2) is 11.5 Å². The van der Waals surface area contributed by atoms with Crippen LogP contribution in [0, 0.1) is 34.5 Å². The van der Waals surface area contributed by atoms with Crippen LogP contribution in [0.5, 0.6) is 0 Å².